The minimum atomic E-state index is -0.0756. The molecule has 1 aromatic heterocycles. The lowest BCUT2D eigenvalue weighted by molar-refractivity contribution is 0.0979. The van der Waals surface area contributed by atoms with Gasteiger partial charge >= 0.3 is 0 Å². The number of nitrogens with zero attached hydrogens (tertiary/aromatic N) is 2. The lowest BCUT2D eigenvalue weighted by atomic mass is 10.1. The molecule has 0 aliphatic carbocycles. The Labute approximate surface area is 122 Å². The fourth-order valence-electron chi connectivity index (χ4n) is 1.89. The van der Waals surface area contributed by atoms with Crippen LogP contribution >= 0.6 is 11.6 Å². The number of anilines is 1. The molecule has 0 spiro atoms. The van der Waals surface area contributed by atoms with Gasteiger partial charge in [0, 0.05) is 19.2 Å². The second-order valence-corrected chi connectivity index (χ2v) is 4.81. The van der Waals surface area contributed by atoms with Crippen LogP contribution in [0.4, 0.5) is 5.69 Å². The number of carbonyl (C=O) groups is 1. The van der Waals surface area contributed by atoms with Crippen LogP contribution in [0.2, 0.25) is 5.02 Å². The SMILES string of the molecule is COCCn1ncc(Cl)c1C(=O)Cc1ccc(N)cc1. The van der Waals surface area contributed by atoms with E-state index in [-0.39, 0.29) is 12.2 Å². The molecule has 1 aromatic carbocycles. The van der Waals surface area contributed by atoms with Crippen LogP contribution in [0.25, 0.3) is 0 Å². The molecule has 0 unspecified atom stereocenters. The third-order valence-electron chi connectivity index (χ3n) is 2.91. The Bertz CT molecular complexity index is 593. The van der Waals surface area contributed by atoms with Gasteiger partial charge in [-0.15, -0.1) is 0 Å². The summed E-state index contributed by atoms with van der Waals surface area (Å²) in [7, 11) is 1.60. The molecule has 1 heterocycles. The van der Waals surface area contributed by atoms with E-state index < -0.39 is 0 Å². The third kappa shape index (κ3) is 3.37. The molecule has 0 radical (unpaired) electrons. The van der Waals surface area contributed by atoms with Crippen LogP contribution in [-0.2, 0) is 17.7 Å². The highest BCUT2D eigenvalue weighted by molar-refractivity contribution is 6.33. The number of carbonyl (C=O) groups excluding carboxylic acids is 1. The Morgan fingerprint density at radius 2 is 2.10 bits per heavy atom. The number of rotatable bonds is 6. The number of hydrogen-bond donors (Lipinski definition) is 1. The summed E-state index contributed by atoms with van der Waals surface area (Å²) < 4.78 is 6.57. The second kappa shape index (κ2) is 6.54. The molecule has 0 aliphatic rings. The van der Waals surface area contributed by atoms with Crippen LogP contribution in [0.3, 0.4) is 0 Å². The van der Waals surface area contributed by atoms with Crippen molar-refractivity contribution in [2.45, 2.75) is 13.0 Å². The number of nitrogens with two attached hydrogens (primary N) is 1. The normalized spacial score (nSPS) is 10.7. The highest BCUT2D eigenvalue weighted by Crippen LogP contribution is 2.18. The molecule has 2 rings (SSSR count). The fourth-order valence-corrected chi connectivity index (χ4v) is 2.14. The molecule has 106 valence electrons. The van der Waals surface area contributed by atoms with E-state index in [1.54, 1.807) is 23.9 Å². The zero-order valence-electron chi connectivity index (χ0n) is 11.2. The van der Waals surface area contributed by atoms with E-state index in [9.17, 15) is 4.79 Å². The molecular weight excluding hydrogens is 278 g/mol. The smallest absolute Gasteiger partial charge is 0.186 e. The number of hydrogen-bond acceptors (Lipinski definition) is 4. The fraction of sp³-hybridized carbons (Fsp3) is 0.286. The van der Waals surface area contributed by atoms with Gasteiger partial charge in [-0.25, -0.2) is 0 Å². The monoisotopic (exact) mass is 293 g/mol. The number of benzene rings is 1. The summed E-state index contributed by atoms with van der Waals surface area (Å²) in [4.78, 5) is 12.3. The van der Waals surface area contributed by atoms with E-state index in [0.29, 0.717) is 29.6 Å². The highest BCUT2D eigenvalue weighted by Gasteiger charge is 2.17. The number of Topliss-reactive ketones (excluding diaryl/α,β-unsaturated/α-hetero) is 1. The Hall–Kier alpha value is -1.85. The van der Waals surface area contributed by atoms with Gasteiger partial charge < -0.3 is 10.5 Å². The number of aromatic nitrogens is 2. The van der Waals surface area contributed by atoms with Crippen LogP contribution in [0.15, 0.2) is 30.5 Å². The molecule has 0 bridgehead atoms. The van der Waals surface area contributed by atoms with Crippen molar-refractivity contribution in [2.24, 2.45) is 0 Å². The summed E-state index contributed by atoms with van der Waals surface area (Å²) in [5.74, 6) is -0.0756. The Kier molecular flexibility index (Phi) is 4.76. The first-order valence-electron chi connectivity index (χ1n) is 6.19. The molecule has 0 fully saturated rings. The van der Waals surface area contributed by atoms with E-state index in [4.69, 9.17) is 22.1 Å². The molecule has 0 aliphatic heterocycles. The summed E-state index contributed by atoms with van der Waals surface area (Å²) in [6.45, 7) is 0.964. The Morgan fingerprint density at radius 1 is 1.40 bits per heavy atom. The molecule has 5 nitrogen and oxygen atoms in total. The van der Waals surface area contributed by atoms with E-state index in [1.165, 1.54) is 6.20 Å². The number of halogens is 1. The summed E-state index contributed by atoms with van der Waals surface area (Å²) in [6, 6.07) is 7.20. The zero-order chi connectivity index (χ0) is 14.5. The van der Waals surface area contributed by atoms with Crippen LogP contribution in [-0.4, -0.2) is 29.3 Å². The number of nitrogen functional groups attached to an aromatic ring is 1. The first kappa shape index (κ1) is 14.6. The minimum Gasteiger partial charge on any atom is -0.399 e. The van der Waals surface area contributed by atoms with Gasteiger partial charge in [-0.3, -0.25) is 9.48 Å². The van der Waals surface area contributed by atoms with Gasteiger partial charge in [0.05, 0.1) is 24.4 Å². The van der Waals surface area contributed by atoms with Crippen LogP contribution < -0.4 is 5.73 Å². The quantitative estimate of drug-likeness (QED) is 0.655. The zero-order valence-corrected chi connectivity index (χ0v) is 11.9. The van der Waals surface area contributed by atoms with Crippen LogP contribution in [0.1, 0.15) is 16.1 Å². The van der Waals surface area contributed by atoms with E-state index >= 15 is 0 Å². The van der Waals surface area contributed by atoms with Crippen LogP contribution in [0.5, 0.6) is 0 Å². The summed E-state index contributed by atoms with van der Waals surface area (Å²) in [5, 5.41) is 4.46. The van der Waals surface area contributed by atoms with Crippen molar-refractivity contribution in [1.29, 1.82) is 0 Å². The van der Waals surface area contributed by atoms with Crippen molar-refractivity contribution >= 4 is 23.1 Å². The van der Waals surface area contributed by atoms with Crippen molar-refractivity contribution in [3.05, 3.63) is 46.7 Å². The second-order valence-electron chi connectivity index (χ2n) is 4.40. The first-order valence-corrected chi connectivity index (χ1v) is 6.57. The average Bonchev–Trinajstić information content (AvgIpc) is 2.80. The van der Waals surface area contributed by atoms with Gasteiger partial charge in [0.2, 0.25) is 0 Å². The van der Waals surface area contributed by atoms with Crippen molar-refractivity contribution in [3.63, 3.8) is 0 Å². The van der Waals surface area contributed by atoms with Gasteiger partial charge in [0.25, 0.3) is 0 Å². The predicted octanol–water partition coefficient (Wildman–Crippen LogP) is 2.19. The van der Waals surface area contributed by atoms with Crippen molar-refractivity contribution in [2.75, 3.05) is 19.5 Å². The van der Waals surface area contributed by atoms with Crippen molar-refractivity contribution < 1.29 is 9.53 Å². The predicted molar refractivity (Wildman–Crippen MR) is 78.0 cm³/mol. The van der Waals surface area contributed by atoms with Gasteiger partial charge in [-0.2, -0.15) is 5.10 Å². The largest absolute Gasteiger partial charge is 0.399 e. The summed E-state index contributed by atoms with van der Waals surface area (Å²) in [5.41, 5.74) is 7.60. The van der Waals surface area contributed by atoms with Gasteiger partial charge in [0.15, 0.2) is 5.78 Å². The van der Waals surface area contributed by atoms with Crippen LogP contribution in [0, 0.1) is 0 Å². The van der Waals surface area contributed by atoms with Crippen molar-refractivity contribution in [1.82, 2.24) is 9.78 Å². The van der Waals surface area contributed by atoms with E-state index in [1.807, 2.05) is 12.1 Å². The molecule has 0 saturated heterocycles. The third-order valence-corrected chi connectivity index (χ3v) is 3.19. The maximum Gasteiger partial charge on any atom is 0.186 e. The molecule has 0 saturated carbocycles. The Morgan fingerprint density at radius 3 is 2.75 bits per heavy atom. The lowest BCUT2D eigenvalue weighted by Gasteiger charge is -2.07. The minimum absolute atomic E-state index is 0.0756. The standard InChI is InChI=1S/C14H16ClN3O2/c1-20-7-6-18-14(12(15)9-17-18)13(19)8-10-2-4-11(16)5-3-10/h2-5,9H,6-8,16H2,1H3. The molecule has 2 aromatic rings. The summed E-state index contributed by atoms with van der Waals surface area (Å²) in [6.07, 6.45) is 1.74. The van der Waals surface area contributed by atoms with Gasteiger partial charge in [0.1, 0.15) is 5.69 Å². The van der Waals surface area contributed by atoms with Gasteiger partial charge in [-0.1, -0.05) is 23.7 Å². The van der Waals surface area contributed by atoms with E-state index in [2.05, 4.69) is 5.10 Å². The highest BCUT2D eigenvalue weighted by atomic mass is 35.5. The molecule has 2 N–H and O–H groups in total. The Balaban J connectivity index is 2.16. The average molecular weight is 294 g/mol. The molecule has 0 amide bonds. The molecule has 6 heteroatoms. The number of ketones is 1. The number of methoxy groups -OCH3 is 1. The molecular formula is C14H16ClN3O2. The lowest BCUT2D eigenvalue weighted by Crippen LogP contribution is -2.15. The molecule has 0 atom stereocenters. The molecule has 20 heavy (non-hydrogen) atoms. The van der Waals surface area contributed by atoms with E-state index in [0.717, 1.165) is 5.56 Å². The maximum atomic E-state index is 12.3. The first-order chi connectivity index (χ1) is 9.61. The topological polar surface area (TPSA) is 70.1 Å². The van der Waals surface area contributed by atoms with Crippen molar-refractivity contribution in [3.8, 4) is 0 Å². The van der Waals surface area contributed by atoms with Gasteiger partial charge in [-0.05, 0) is 17.7 Å². The number of ether oxygens (including phenoxy) is 1. The maximum absolute atomic E-state index is 12.3. The summed E-state index contributed by atoms with van der Waals surface area (Å²) >= 11 is 6.05.